The summed E-state index contributed by atoms with van der Waals surface area (Å²) in [5.74, 6) is 0.171. The van der Waals surface area contributed by atoms with Crippen LogP contribution >= 0.6 is 0 Å². The molecule has 1 fully saturated rings. The first-order chi connectivity index (χ1) is 16.6. The van der Waals surface area contributed by atoms with Gasteiger partial charge < -0.3 is 15.0 Å². The molecule has 3 aromatic rings. The topological polar surface area (TPSA) is 58.6 Å². The van der Waals surface area contributed by atoms with E-state index in [4.69, 9.17) is 4.74 Å². The highest BCUT2D eigenvalue weighted by Crippen LogP contribution is 2.26. The zero-order chi connectivity index (χ0) is 23.8. The van der Waals surface area contributed by atoms with E-state index in [1.807, 2.05) is 54.4 Å². The van der Waals surface area contributed by atoms with E-state index in [9.17, 15) is 9.59 Å². The summed E-state index contributed by atoms with van der Waals surface area (Å²) in [6.07, 6.45) is 6.36. The van der Waals surface area contributed by atoms with Gasteiger partial charge in [-0.2, -0.15) is 0 Å². The van der Waals surface area contributed by atoms with Gasteiger partial charge in [0.1, 0.15) is 5.75 Å². The molecule has 0 heterocycles. The molecule has 2 amide bonds. The van der Waals surface area contributed by atoms with Gasteiger partial charge in [0.15, 0.2) is 0 Å². The largest absolute Gasteiger partial charge is 0.492 e. The lowest BCUT2D eigenvalue weighted by Crippen LogP contribution is -2.38. The third-order valence-corrected chi connectivity index (χ3v) is 6.47. The first kappa shape index (κ1) is 23.6. The van der Waals surface area contributed by atoms with Crippen LogP contribution < -0.4 is 10.1 Å². The van der Waals surface area contributed by atoms with Crippen molar-refractivity contribution in [2.24, 2.45) is 0 Å². The molecule has 34 heavy (non-hydrogen) atoms. The summed E-state index contributed by atoms with van der Waals surface area (Å²) in [4.78, 5) is 28.3. The van der Waals surface area contributed by atoms with Crippen molar-refractivity contribution >= 4 is 17.5 Å². The predicted octanol–water partition coefficient (Wildman–Crippen LogP) is 5.97. The molecular formula is C29H32N2O3. The molecule has 0 aliphatic heterocycles. The number of para-hydroxylation sites is 2. The minimum Gasteiger partial charge on any atom is -0.492 e. The average Bonchev–Trinajstić information content (AvgIpc) is 2.89. The molecule has 1 N–H and O–H groups in total. The minimum atomic E-state index is -0.295. The Morgan fingerprint density at radius 1 is 0.853 bits per heavy atom. The number of nitrogens with one attached hydrogen (secondary N) is 1. The molecular weight excluding hydrogens is 424 g/mol. The van der Waals surface area contributed by atoms with Crippen LogP contribution in [0.2, 0.25) is 0 Å². The lowest BCUT2D eigenvalue weighted by atomic mass is 9.94. The second kappa shape index (κ2) is 11.5. The summed E-state index contributed by atoms with van der Waals surface area (Å²) < 4.78 is 5.96. The Kier molecular flexibility index (Phi) is 7.97. The van der Waals surface area contributed by atoms with Crippen molar-refractivity contribution in [3.63, 3.8) is 0 Å². The monoisotopic (exact) mass is 456 g/mol. The number of ether oxygens (including phenoxy) is 1. The van der Waals surface area contributed by atoms with Gasteiger partial charge in [0.25, 0.3) is 11.8 Å². The van der Waals surface area contributed by atoms with Crippen molar-refractivity contribution in [3.8, 4) is 5.75 Å². The number of benzene rings is 3. The number of anilines is 1. The van der Waals surface area contributed by atoms with Crippen molar-refractivity contribution in [3.05, 3.63) is 95.6 Å². The molecule has 0 spiro atoms. The number of carbonyl (C=O) groups excluding carboxylic acids is 2. The SMILES string of the molecule is CN(C(=O)c1ccccc1NC(=O)c1ccccc1OCCc1ccccc1)C1CCCCC1. The predicted molar refractivity (Wildman–Crippen MR) is 135 cm³/mol. The first-order valence-electron chi connectivity index (χ1n) is 12.1. The maximum Gasteiger partial charge on any atom is 0.259 e. The smallest absolute Gasteiger partial charge is 0.259 e. The molecule has 4 rings (SSSR count). The van der Waals surface area contributed by atoms with Gasteiger partial charge in [0, 0.05) is 19.5 Å². The Morgan fingerprint density at radius 3 is 2.26 bits per heavy atom. The normalized spacial score (nSPS) is 13.8. The Balaban J connectivity index is 1.45. The van der Waals surface area contributed by atoms with E-state index >= 15 is 0 Å². The molecule has 0 unspecified atom stereocenters. The highest BCUT2D eigenvalue weighted by Gasteiger charge is 2.25. The molecule has 5 nitrogen and oxygen atoms in total. The Hall–Kier alpha value is -3.60. The highest BCUT2D eigenvalue weighted by molar-refractivity contribution is 6.10. The average molecular weight is 457 g/mol. The molecule has 3 aromatic carbocycles. The fraction of sp³-hybridized carbons (Fsp3) is 0.310. The number of hydrogen-bond donors (Lipinski definition) is 1. The minimum absolute atomic E-state index is 0.0600. The number of amides is 2. The summed E-state index contributed by atoms with van der Waals surface area (Å²) in [6.45, 7) is 0.468. The second-order valence-electron chi connectivity index (χ2n) is 8.79. The second-order valence-corrected chi connectivity index (χ2v) is 8.79. The molecule has 5 heteroatoms. The van der Waals surface area contributed by atoms with Crippen LogP contribution in [0.3, 0.4) is 0 Å². The van der Waals surface area contributed by atoms with Gasteiger partial charge >= 0.3 is 0 Å². The lowest BCUT2D eigenvalue weighted by Gasteiger charge is -2.31. The van der Waals surface area contributed by atoms with Crippen molar-refractivity contribution in [1.29, 1.82) is 0 Å². The van der Waals surface area contributed by atoms with E-state index in [-0.39, 0.29) is 17.9 Å². The van der Waals surface area contributed by atoms with Crippen molar-refractivity contribution in [2.75, 3.05) is 19.0 Å². The van der Waals surface area contributed by atoms with Crippen molar-refractivity contribution < 1.29 is 14.3 Å². The maximum atomic E-state index is 13.3. The first-order valence-corrected chi connectivity index (χ1v) is 12.1. The van der Waals surface area contributed by atoms with E-state index in [0.29, 0.717) is 29.2 Å². The fourth-order valence-electron chi connectivity index (χ4n) is 4.50. The third-order valence-electron chi connectivity index (χ3n) is 6.47. The third kappa shape index (κ3) is 5.84. The number of nitrogens with zero attached hydrogens (tertiary/aromatic N) is 1. The summed E-state index contributed by atoms with van der Waals surface area (Å²) >= 11 is 0. The molecule has 1 aliphatic rings. The van der Waals surface area contributed by atoms with Crippen LogP contribution in [0.1, 0.15) is 58.4 Å². The van der Waals surface area contributed by atoms with Crippen LogP contribution in [0.4, 0.5) is 5.69 Å². The molecule has 0 saturated heterocycles. The zero-order valence-corrected chi connectivity index (χ0v) is 19.7. The van der Waals surface area contributed by atoms with E-state index < -0.39 is 0 Å². The van der Waals surface area contributed by atoms with Gasteiger partial charge in [0.05, 0.1) is 23.4 Å². The molecule has 0 bridgehead atoms. The lowest BCUT2D eigenvalue weighted by molar-refractivity contribution is 0.0697. The van der Waals surface area contributed by atoms with Gasteiger partial charge in [-0.25, -0.2) is 0 Å². The van der Waals surface area contributed by atoms with Crippen molar-refractivity contribution in [2.45, 2.75) is 44.6 Å². The van der Waals surface area contributed by atoms with Crippen LogP contribution in [0.5, 0.6) is 5.75 Å². The summed E-state index contributed by atoms with van der Waals surface area (Å²) in [5.41, 5.74) is 2.64. The zero-order valence-electron chi connectivity index (χ0n) is 19.7. The number of hydrogen-bond acceptors (Lipinski definition) is 3. The van der Waals surface area contributed by atoms with Crippen LogP contribution in [-0.4, -0.2) is 36.4 Å². The Labute approximate surface area is 201 Å². The Morgan fingerprint density at radius 2 is 1.50 bits per heavy atom. The quantitative estimate of drug-likeness (QED) is 0.455. The van der Waals surface area contributed by atoms with Gasteiger partial charge in [0.2, 0.25) is 0 Å². The number of carbonyl (C=O) groups is 2. The van der Waals surface area contributed by atoms with E-state index in [1.54, 1.807) is 24.3 Å². The van der Waals surface area contributed by atoms with E-state index in [1.165, 1.54) is 12.0 Å². The van der Waals surface area contributed by atoms with E-state index in [0.717, 1.165) is 32.1 Å². The summed E-state index contributed by atoms with van der Waals surface area (Å²) in [6, 6.07) is 24.8. The molecule has 0 aromatic heterocycles. The van der Waals surface area contributed by atoms with Gasteiger partial charge in [-0.1, -0.05) is 73.9 Å². The summed E-state index contributed by atoms with van der Waals surface area (Å²) in [5, 5.41) is 2.95. The number of rotatable bonds is 8. The van der Waals surface area contributed by atoms with Gasteiger partial charge in [-0.15, -0.1) is 0 Å². The molecule has 0 radical (unpaired) electrons. The Bertz CT molecular complexity index is 1110. The molecule has 1 aliphatic carbocycles. The van der Waals surface area contributed by atoms with Crippen LogP contribution in [-0.2, 0) is 6.42 Å². The molecule has 176 valence electrons. The van der Waals surface area contributed by atoms with Crippen LogP contribution in [0.25, 0.3) is 0 Å². The fourth-order valence-corrected chi connectivity index (χ4v) is 4.50. The van der Waals surface area contributed by atoms with Gasteiger partial charge in [-0.3, -0.25) is 9.59 Å². The molecule has 1 saturated carbocycles. The maximum absolute atomic E-state index is 13.3. The highest BCUT2D eigenvalue weighted by atomic mass is 16.5. The summed E-state index contributed by atoms with van der Waals surface area (Å²) in [7, 11) is 1.87. The molecule has 0 atom stereocenters. The van der Waals surface area contributed by atoms with Crippen LogP contribution in [0.15, 0.2) is 78.9 Å². The van der Waals surface area contributed by atoms with Crippen LogP contribution in [0, 0.1) is 0 Å². The van der Waals surface area contributed by atoms with E-state index in [2.05, 4.69) is 17.4 Å². The standard InChI is InChI=1S/C29H32N2O3/c1-31(23-14-6-3-7-15-23)29(33)24-16-8-10-18-26(24)30-28(32)25-17-9-11-19-27(25)34-21-20-22-12-4-2-5-13-22/h2,4-5,8-13,16-19,23H,3,6-7,14-15,20-21H2,1H3,(H,30,32). The van der Waals surface area contributed by atoms with Gasteiger partial charge in [-0.05, 0) is 42.7 Å². The van der Waals surface area contributed by atoms with Crippen molar-refractivity contribution in [1.82, 2.24) is 4.90 Å².